The molecule has 102 valence electrons. The maximum absolute atomic E-state index is 10.9. The fourth-order valence-corrected chi connectivity index (χ4v) is 2.29. The van der Waals surface area contributed by atoms with Gasteiger partial charge in [-0.15, -0.1) is 11.3 Å². The molecule has 5 heteroatoms. The van der Waals surface area contributed by atoms with Crippen molar-refractivity contribution in [1.29, 1.82) is 0 Å². The maximum Gasteiger partial charge on any atom is 0.346 e. The number of carboxylic acid groups (broad SMARTS) is 1. The molecule has 1 heterocycles. The van der Waals surface area contributed by atoms with Crippen molar-refractivity contribution in [3.8, 4) is 0 Å². The molecule has 0 aromatic carbocycles. The van der Waals surface area contributed by atoms with Gasteiger partial charge in [0.05, 0.1) is 0 Å². The first kappa shape index (κ1) is 15.1. The molecule has 4 nitrogen and oxygen atoms in total. The Bertz CT molecular complexity index is 352. The van der Waals surface area contributed by atoms with Crippen LogP contribution in [0.2, 0.25) is 0 Å². The van der Waals surface area contributed by atoms with Gasteiger partial charge in [0, 0.05) is 19.8 Å². The summed E-state index contributed by atoms with van der Waals surface area (Å²) in [6, 6.07) is 1.86. The summed E-state index contributed by atoms with van der Waals surface area (Å²) < 4.78 is 5.44. The summed E-state index contributed by atoms with van der Waals surface area (Å²) in [4.78, 5) is 11.3. The third kappa shape index (κ3) is 5.62. The Kier molecular flexibility index (Phi) is 7.64. The van der Waals surface area contributed by atoms with E-state index in [1.807, 2.05) is 11.4 Å². The van der Waals surface area contributed by atoms with Gasteiger partial charge < -0.3 is 15.2 Å². The third-order valence-corrected chi connectivity index (χ3v) is 3.49. The van der Waals surface area contributed by atoms with Crippen molar-refractivity contribution in [3.05, 3.63) is 21.9 Å². The molecule has 0 aliphatic rings. The quantitative estimate of drug-likeness (QED) is 0.642. The fourth-order valence-electron chi connectivity index (χ4n) is 1.53. The molecule has 0 unspecified atom stereocenters. The van der Waals surface area contributed by atoms with Gasteiger partial charge in [-0.25, -0.2) is 4.79 Å². The molecule has 0 bridgehead atoms. The fraction of sp³-hybridized carbons (Fsp3) is 0.615. The van der Waals surface area contributed by atoms with Gasteiger partial charge in [-0.1, -0.05) is 13.3 Å². The summed E-state index contributed by atoms with van der Waals surface area (Å²) in [5.74, 6) is -0.843. The number of ether oxygens (including phenoxy) is 1. The molecule has 2 N–H and O–H groups in total. The van der Waals surface area contributed by atoms with Crippen molar-refractivity contribution in [2.75, 3.05) is 19.8 Å². The van der Waals surface area contributed by atoms with E-state index in [1.54, 1.807) is 0 Å². The van der Waals surface area contributed by atoms with Gasteiger partial charge in [0.15, 0.2) is 0 Å². The zero-order chi connectivity index (χ0) is 13.2. The molecule has 0 atom stereocenters. The van der Waals surface area contributed by atoms with Crippen molar-refractivity contribution < 1.29 is 14.6 Å². The van der Waals surface area contributed by atoms with Gasteiger partial charge >= 0.3 is 5.97 Å². The predicted molar refractivity (Wildman–Crippen MR) is 73.3 cm³/mol. The van der Waals surface area contributed by atoms with E-state index in [0.29, 0.717) is 11.4 Å². The molecule has 0 saturated heterocycles. The minimum absolute atomic E-state index is 0.432. The zero-order valence-corrected chi connectivity index (χ0v) is 11.6. The average Bonchev–Trinajstić information content (AvgIpc) is 2.81. The standard InChI is InChI=1S/C13H21NO3S/c1-2-3-7-17-8-4-6-14-10-11-5-9-18-12(11)13(15)16/h5,9,14H,2-4,6-8,10H2,1H3,(H,15,16). The molecular formula is C13H21NO3S. The number of aromatic carboxylic acids is 1. The van der Waals surface area contributed by atoms with Crippen molar-refractivity contribution in [1.82, 2.24) is 5.32 Å². The molecule has 0 saturated carbocycles. The van der Waals surface area contributed by atoms with Gasteiger partial charge in [0.25, 0.3) is 0 Å². The van der Waals surface area contributed by atoms with Gasteiger partial charge in [0.2, 0.25) is 0 Å². The Balaban J connectivity index is 2.07. The van der Waals surface area contributed by atoms with Gasteiger partial charge in [-0.2, -0.15) is 0 Å². The highest BCUT2D eigenvalue weighted by Crippen LogP contribution is 2.16. The van der Waals surface area contributed by atoms with Crippen LogP contribution >= 0.6 is 11.3 Å². The summed E-state index contributed by atoms with van der Waals surface area (Å²) in [5.41, 5.74) is 0.861. The lowest BCUT2D eigenvalue weighted by atomic mass is 10.2. The molecule has 0 aliphatic heterocycles. The largest absolute Gasteiger partial charge is 0.477 e. The van der Waals surface area contributed by atoms with E-state index in [9.17, 15) is 4.79 Å². The Labute approximate surface area is 112 Å². The van der Waals surface area contributed by atoms with E-state index in [-0.39, 0.29) is 0 Å². The first-order valence-electron chi connectivity index (χ1n) is 6.33. The van der Waals surface area contributed by atoms with Gasteiger partial charge in [-0.3, -0.25) is 0 Å². The lowest BCUT2D eigenvalue weighted by Crippen LogP contribution is -2.17. The van der Waals surface area contributed by atoms with E-state index < -0.39 is 5.97 Å². The first-order chi connectivity index (χ1) is 8.75. The molecule has 1 aromatic rings. The molecule has 0 fully saturated rings. The Hall–Kier alpha value is -0.910. The summed E-state index contributed by atoms with van der Waals surface area (Å²) in [7, 11) is 0. The normalized spacial score (nSPS) is 10.7. The number of thiophene rings is 1. The van der Waals surface area contributed by atoms with E-state index >= 15 is 0 Å². The first-order valence-corrected chi connectivity index (χ1v) is 7.21. The SMILES string of the molecule is CCCCOCCCNCc1ccsc1C(=O)O. The second kappa shape index (κ2) is 9.08. The maximum atomic E-state index is 10.9. The number of hydrogen-bond donors (Lipinski definition) is 2. The highest BCUT2D eigenvalue weighted by molar-refractivity contribution is 7.12. The van der Waals surface area contributed by atoms with Crippen molar-refractivity contribution in [2.45, 2.75) is 32.7 Å². The Morgan fingerprint density at radius 2 is 2.22 bits per heavy atom. The summed E-state index contributed by atoms with van der Waals surface area (Å²) in [6.45, 7) is 5.21. The average molecular weight is 271 g/mol. The molecule has 0 aliphatic carbocycles. The number of rotatable bonds is 10. The molecule has 1 aromatic heterocycles. The van der Waals surface area contributed by atoms with Crippen LogP contribution < -0.4 is 5.32 Å². The van der Waals surface area contributed by atoms with Crippen LogP contribution in [0.25, 0.3) is 0 Å². The molecule has 0 amide bonds. The second-order valence-corrected chi connectivity index (χ2v) is 4.99. The van der Waals surface area contributed by atoms with Crippen LogP contribution in [0, 0.1) is 0 Å². The lowest BCUT2D eigenvalue weighted by molar-refractivity contribution is 0.0701. The highest BCUT2D eigenvalue weighted by atomic mass is 32.1. The molecule has 0 spiro atoms. The van der Waals surface area contributed by atoms with Crippen LogP contribution in [0.4, 0.5) is 0 Å². The topological polar surface area (TPSA) is 58.6 Å². The van der Waals surface area contributed by atoms with Crippen LogP contribution in [-0.4, -0.2) is 30.8 Å². The lowest BCUT2D eigenvalue weighted by Gasteiger charge is -2.05. The van der Waals surface area contributed by atoms with Crippen LogP contribution in [-0.2, 0) is 11.3 Å². The van der Waals surface area contributed by atoms with Crippen molar-refractivity contribution >= 4 is 17.3 Å². The van der Waals surface area contributed by atoms with Crippen molar-refractivity contribution in [3.63, 3.8) is 0 Å². The van der Waals surface area contributed by atoms with Crippen LogP contribution in [0.5, 0.6) is 0 Å². The predicted octanol–water partition coefficient (Wildman–Crippen LogP) is 2.74. The summed E-state index contributed by atoms with van der Waals surface area (Å²) >= 11 is 1.27. The number of unbranched alkanes of at least 4 members (excludes halogenated alkanes) is 1. The van der Waals surface area contributed by atoms with Crippen molar-refractivity contribution in [2.24, 2.45) is 0 Å². The minimum Gasteiger partial charge on any atom is -0.477 e. The Morgan fingerprint density at radius 1 is 1.44 bits per heavy atom. The minimum atomic E-state index is -0.843. The van der Waals surface area contributed by atoms with Crippen LogP contribution in [0.3, 0.4) is 0 Å². The van der Waals surface area contributed by atoms with E-state index in [2.05, 4.69) is 12.2 Å². The molecular weight excluding hydrogens is 250 g/mol. The highest BCUT2D eigenvalue weighted by Gasteiger charge is 2.10. The third-order valence-electron chi connectivity index (χ3n) is 2.54. The monoisotopic (exact) mass is 271 g/mol. The zero-order valence-electron chi connectivity index (χ0n) is 10.8. The molecule has 1 rings (SSSR count). The van der Waals surface area contributed by atoms with Crippen LogP contribution in [0.1, 0.15) is 41.4 Å². The smallest absolute Gasteiger partial charge is 0.346 e. The number of carbonyl (C=O) groups is 1. The van der Waals surface area contributed by atoms with Gasteiger partial charge in [0.1, 0.15) is 4.88 Å². The summed E-state index contributed by atoms with van der Waals surface area (Å²) in [6.07, 6.45) is 3.23. The molecule has 18 heavy (non-hydrogen) atoms. The van der Waals surface area contributed by atoms with E-state index in [0.717, 1.165) is 44.6 Å². The summed E-state index contributed by atoms with van der Waals surface area (Å²) in [5, 5.41) is 14.0. The number of hydrogen-bond acceptors (Lipinski definition) is 4. The second-order valence-electron chi connectivity index (χ2n) is 4.08. The molecule has 0 radical (unpaired) electrons. The van der Waals surface area contributed by atoms with E-state index in [4.69, 9.17) is 9.84 Å². The number of carboxylic acids is 1. The Morgan fingerprint density at radius 3 is 2.94 bits per heavy atom. The number of nitrogens with one attached hydrogen (secondary N) is 1. The van der Waals surface area contributed by atoms with E-state index in [1.165, 1.54) is 11.3 Å². The van der Waals surface area contributed by atoms with Gasteiger partial charge in [-0.05, 0) is 36.4 Å². The van der Waals surface area contributed by atoms with Crippen LogP contribution in [0.15, 0.2) is 11.4 Å².